The van der Waals surface area contributed by atoms with E-state index in [0.29, 0.717) is 37.5 Å². The van der Waals surface area contributed by atoms with Crippen LogP contribution in [0.4, 0.5) is 0 Å². The van der Waals surface area contributed by atoms with Crippen LogP contribution in [-0.4, -0.2) is 40.0 Å². The van der Waals surface area contributed by atoms with Crippen molar-refractivity contribution in [1.82, 2.24) is 9.88 Å². The summed E-state index contributed by atoms with van der Waals surface area (Å²) in [6, 6.07) is 8.28. The number of piperidine rings is 1. The summed E-state index contributed by atoms with van der Waals surface area (Å²) >= 11 is 1.46. The molecule has 3 rings (SSSR count). The third-order valence-corrected chi connectivity index (χ3v) is 5.57. The van der Waals surface area contributed by atoms with E-state index in [1.807, 2.05) is 12.1 Å². The number of carboxylic acid groups (broad SMARTS) is 1. The molecule has 2 heterocycles. The Morgan fingerprint density at radius 2 is 1.84 bits per heavy atom. The summed E-state index contributed by atoms with van der Waals surface area (Å²) in [6.07, 6.45) is 1.02. The first kappa shape index (κ1) is 17.6. The van der Waals surface area contributed by atoms with Crippen molar-refractivity contribution in [1.29, 1.82) is 0 Å². The smallest absolute Gasteiger partial charge is 0.306 e. The van der Waals surface area contributed by atoms with E-state index < -0.39 is 5.97 Å². The SMILES string of the molecule is CC(C)c1ccc(-c2nc(C(=O)N3CCC(C(=O)O)CC3)cs2)cc1. The number of amides is 1. The van der Waals surface area contributed by atoms with Crippen LogP contribution >= 0.6 is 11.3 Å². The predicted molar refractivity (Wildman–Crippen MR) is 97.9 cm³/mol. The fourth-order valence-corrected chi connectivity index (χ4v) is 3.81. The van der Waals surface area contributed by atoms with Gasteiger partial charge in [0.1, 0.15) is 10.7 Å². The molecule has 1 aromatic heterocycles. The predicted octanol–water partition coefficient (Wildman–Crippen LogP) is 3.87. The van der Waals surface area contributed by atoms with Crippen molar-refractivity contribution in [3.8, 4) is 10.6 Å². The maximum atomic E-state index is 12.6. The Labute approximate surface area is 151 Å². The topological polar surface area (TPSA) is 70.5 Å². The van der Waals surface area contributed by atoms with Crippen LogP contribution in [0.1, 0.15) is 48.7 Å². The van der Waals surface area contributed by atoms with Gasteiger partial charge in [-0.25, -0.2) is 4.98 Å². The first-order valence-corrected chi connectivity index (χ1v) is 9.41. The highest BCUT2D eigenvalue weighted by Gasteiger charge is 2.28. The molecular weight excluding hydrogens is 336 g/mol. The third kappa shape index (κ3) is 3.90. The van der Waals surface area contributed by atoms with Crippen molar-refractivity contribution in [2.45, 2.75) is 32.6 Å². The van der Waals surface area contributed by atoms with E-state index >= 15 is 0 Å². The number of carbonyl (C=O) groups excluding carboxylic acids is 1. The Morgan fingerprint density at radius 3 is 2.40 bits per heavy atom. The first-order chi connectivity index (χ1) is 12.0. The molecule has 1 N–H and O–H groups in total. The highest BCUT2D eigenvalue weighted by molar-refractivity contribution is 7.13. The number of aliphatic carboxylic acids is 1. The van der Waals surface area contributed by atoms with Gasteiger partial charge in [-0.05, 0) is 24.3 Å². The molecule has 6 heteroatoms. The summed E-state index contributed by atoms with van der Waals surface area (Å²) in [6.45, 7) is 5.27. The van der Waals surface area contributed by atoms with Crippen LogP contribution in [0.2, 0.25) is 0 Å². The molecule has 0 aliphatic carbocycles. The van der Waals surface area contributed by atoms with Crippen LogP contribution in [0.5, 0.6) is 0 Å². The van der Waals surface area contributed by atoms with Gasteiger partial charge in [0.2, 0.25) is 0 Å². The van der Waals surface area contributed by atoms with Crippen molar-refractivity contribution < 1.29 is 14.7 Å². The summed E-state index contributed by atoms with van der Waals surface area (Å²) in [5.41, 5.74) is 2.73. The molecule has 5 nitrogen and oxygen atoms in total. The Balaban J connectivity index is 1.69. The van der Waals surface area contributed by atoms with Gasteiger partial charge in [0.05, 0.1) is 5.92 Å². The molecule has 2 aromatic rings. The molecule has 0 spiro atoms. The normalized spacial score (nSPS) is 15.6. The second kappa shape index (κ2) is 7.35. The molecule has 0 radical (unpaired) electrons. The van der Waals surface area contributed by atoms with Gasteiger partial charge in [-0.3, -0.25) is 9.59 Å². The molecule has 1 aliphatic heterocycles. The molecule has 1 saturated heterocycles. The van der Waals surface area contributed by atoms with Crippen LogP contribution in [-0.2, 0) is 4.79 Å². The van der Waals surface area contributed by atoms with Crippen molar-refractivity contribution in [2.75, 3.05) is 13.1 Å². The van der Waals surface area contributed by atoms with Gasteiger partial charge in [0, 0.05) is 24.0 Å². The fourth-order valence-electron chi connectivity index (χ4n) is 3.01. The van der Waals surface area contributed by atoms with Crippen molar-refractivity contribution in [2.24, 2.45) is 5.92 Å². The first-order valence-electron chi connectivity index (χ1n) is 8.53. The van der Waals surface area contributed by atoms with Gasteiger partial charge in [-0.2, -0.15) is 0 Å². The van der Waals surface area contributed by atoms with Crippen LogP contribution in [0, 0.1) is 5.92 Å². The number of thiazole rings is 1. The molecule has 1 amide bonds. The summed E-state index contributed by atoms with van der Waals surface area (Å²) in [7, 11) is 0. The maximum absolute atomic E-state index is 12.6. The minimum Gasteiger partial charge on any atom is -0.481 e. The number of aromatic nitrogens is 1. The average molecular weight is 358 g/mol. The van der Waals surface area contributed by atoms with Crippen molar-refractivity contribution in [3.05, 3.63) is 40.9 Å². The quantitative estimate of drug-likeness (QED) is 0.901. The number of rotatable bonds is 4. The second-order valence-electron chi connectivity index (χ2n) is 6.72. The Morgan fingerprint density at radius 1 is 1.20 bits per heavy atom. The number of hydrogen-bond acceptors (Lipinski definition) is 4. The summed E-state index contributed by atoms with van der Waals surface area (Å²) < 4.78 is 0. The van der Waals surface area contributed by atoms with Gasteiger partial charge in [-0.15, -0.1) is 11.3 Å². The number of hydrogen-bond donors (Lipinski definition) is 1. The lowest BCUT2D eigenvalue weighted by Gasteiger charge is -2.29. The molecule has 0 unspecified atom stereocenters. The zero-order valence-electron chi connectivity index (χ0n) is 14.4. The lowest BCUT2D eigenvalue weighted by atomic mass is 9.97. The minimum absolute atomic E-state index is 0.106. The Kier molecular flexibility index (Phi) is 5.18. The van der Waals surface area contributed by atoms with E-state index in [9.17, 15) is 9.59 Å². The summed E-state index contributed by atoms with van der Waals surface area (Å²) in [5, 5.41) is 11.7. The van der Waals surface area contributed by atoms with E-state index in [1.54, 1.807) is 10.3 Å². The van der Waals surface area contributed by atoms with E-state index in [1.165, 1.54) is 16.9 Å². The third-order valence-electron chi connectivity index (χ3n) is 4.68. The molecule has 0 atom stereocenters. The Bertz CT molecular complexity index is 759. The van der Waals surface area contributed by atoms with Crippen LogP contribution in [0.3, 0.4) is 0 Å². The maximum Gasteiger partial charge on any atom is 0.306 e. The van der Waals surface area contributed by atoms with E-state index in [2.05, 4.69) is 31.0 Å². The molecule has 0 bridgehead atoms. The van der Waals surface area contributed by atoms with Gasteiger partial charge in [-0.1, -0.05) is 38.1 Å². The van der Waals surface area contributed by atoms with Crippen LogP contribution in [0.25, 0.3) is 10.6 Å². The number of likely N-dealkylation sites (tertiary alicyclic amines) is 1. The molecule has 1 fully saturated rings. The fraction of sp³-hybridized carbons (Fsp3) is 0.421. The molecular formula is C19H22N2O3S. The summed E-state index contributed by atoms with van der Waals surface area (Å²) in [5.74, 6) is -0.733. The Hall–Kier alpha value is -2.21. The van der Waals surface area contributed by atoms with Crippen LogP contribution < -0.4 is 0 Å². The van der Waals surface area contributed by atoms with E-state index in [-0.39, 0.29) is 11.8 Å². The number of benzene rings is 1. The zero-order chi connectivity index (χ0) is 18.0. The van der Waals surface area contributed by atoms with Gasteiger partial charge in [0.25, 0.3) is 5.91 Å². The molecule has 132 valence electrons. The van der Waals surface area contributed by atoms with E-state index in [4.69, 9.17) is 5.11 Å². The molecule has 25 heavy (non-hydrogen) atoms. The molecule has 1 aromatic carbocycles. The van der Waals surface area contributed by atoms with Crippen LogP contribution in [0.15, 0.2) is 29.6 Å². The monoisotopic (exact) mass is 358 g/mol. The largest absolute Gasteiger partial charge is 0.481 e. The average Bonchev–Trinajstić information content (AvgIpc) is 3.11. The molecule has 1 aliphatic rings. The highest BCUT2D eigenvalue weighted by atomic mass is 32.1. The van der Waals surface area contributed by atoms with Gasteiger partial charge >= 0.3 is 5.97 Å². The lowest BCUT2D eigenvalue weighted by molar-refractivity contribution is -0.143. The van der Waals surface area contributed by atoms with E-state index in [0.717, 1.165) is 10.6 Å². The second-order valence-corrected chi connectivity index (χ2v) is 7.58. The van der Waals surface area contributed by atoms with Crippen molar-refractivity contribution in [3.63, 3.8) is 0 Å². The lowest BCUT2D eigenvalue weighted by Crippen LogP contribution is -2.40. The van der Waals surface area contributed by atoms with Crippen molar-refractivity contribution >= 4 is 23.2 Å². The number of carbonyl (C=O) groups is 2. The number of carboxylic acids is 1. The standard InChI is InChI=1S/C19H22N2O3S/c1-12(2)13-3-5-14(6-4-13)17-20-16(11-25-17)18(22)21-9-7-15(8-10-21)19(23)24/h3-6,11-12,15H,7-10H2,1-2H3,(H,23,24). The van der Waals surface area contributed by atoms with Gasteiger partial charge < -0.3 is 10.0 Å². The highest BCUT2D eigenvalue weighted by Crippen LogP contribution is 2.27. The molecule has 0 saturated carbocycles. The number of nitrogens with zero attached hydrogens (tertiary/aromatic N) is 2. The summed E-state index contributed by atoms with van der Waals surface area (Å²) in [4.78, 5) is 29.8. The minimum atomic E-state index is -0.770. The zero-order valence-corrected chi connectivity index (χ0v) is 15.3. The van der Waals surface area contributed by atoms with Gasteiger partial charge in [0.15, 0.2) is 0 Å².